The van der Waals surface area contributed by atoms with Crippen molar-refractivity contribution in [3.05, 3.63) is 0 Å². The first-order valence-electron chi connectivity index (χ1n) is 10.6. The van der Waals surface area contributed by atoms with E-state index in [9.17, 15) is 0 Å². The molecule has 0 amide bonds. The summed E-state index contributed by atoms with van der Waals surface area (Å²) in [5.41, 5.74) is 5.50. The highest BCUT2D eigenvalue weighted by molar-refractivity contribution is 7.44. The molecule has 0 heterocycles. The average molecular weight is 397 g/mol. The first-order valence-corrected chi connectivity index (χ1v) is 15.4. The summed E-state index contributed by atoms with van der Waals surface area (Å²) in [4.78, 5) is 0. The van der Waals surface area contributed by atoms with Gasteiger partial charge in [0, 0.05) is 0 Å². The Morgan fingerprint density at radius 3 is 1.00 bits per heavy atom. The van der Waals surface area contributed by atoms with Crippen molar-refractivity contribution in [3.63, 3.8) is 0 Å². The van der Waals surface area contributed by atoms with Gasteiger partial charge < -0.3 is 5.73 Å². The van der Waals surface area contributed by atoms with Gasteiger partial charge in [-0.15, -0.1) is 22.2 Å². The van der Waals surface area contributed by atoms with Crippen molar-refractivity contribution in [2.45, 2.75) is 122 Å². The maximum atomic E-state index is 6.11. The van der Waals surface area contributed by atoms with Crippen LogP contribution >= 0.6 is 22.2 Å². The van der Waals surface area contributed by atoms with Crippen LogP contribution in [0.1, 0.15) is 109 Å². The van der Waals surface area contributed by atoms with Gasteiger partial charge in [-0.2, -0.15) is 0 Å². The maximum Gasteiger partial charge on any atom is 0.248 e. The molecule has 0 radical (unpaired) electrons. The molecule has 1 nitrogen and oxygen atoms in total. The molecule has 0 fully saturated rings. The Morgan fingerprint density at radius 1 is 0.500 bits per heavy atom. The van der Waals surface area contributed by atoms with Gasteiger partial charge in [-0.3, -0.25) is 0 Å². The Kier molecular flexibility index (Phi) is 19.1. The summed E-state index contributed by atoms with van der Waals surface area (Å²) < 4.78 is 0. The molecule has 0 aromatic rings. The Bertz CT molecular complexity index is 244. The largest absolute Gasteiger partial charge is 0.330 e. The molecule has 24 heavy (non-hydrogen) atoms. The molecule has 146 valence electrons. The second-order valence-electron chi connectivity index (χ2n) is 7.62. The average Bonchev–Trinajstić information content (AvgIpc) is 2.52. The fourth-order valence-corrected chi connectivity index (χ4v) is 4.90. The van der Waals surface area contributed by atoms with Crippen LogP contribution in [0.15, 0.2) is 0 Å². The van der Waals surface area contributed by atoms with Gasteiger partial charge in [-0.05, 0) is 25.6 Å². The quantitative estimate of drug-likeness (QED) is 0.133. The van der Waals surface area contributed by atoms with Crippen LogP contribution in [0.5, 0.6) is 0 Å². The minimum atomic E-state index is -1.83. The lowest BCUT2D eigenvalue weighted by Crippen LogP contribution is -2.11. The van der Waals surface area contributed by atoms with Gasteiger partial charge in [0.2, 0.25) is 6.69 Å². The fraction of sp³-hybridized carbons (Fsp3) is 1.00. The number of halogens is 2. The third-order valence-electron chi connectivity index (χ3n) is 4.82. The normalized spacial score (nSPS) is 12.0. The molecule has 0 saturated heterocycles. The summed E-state index contributed by atoms with van der Waals surface area (Å²) in [6, 6.07) is 1.06. The van der Waals surface area contributed by atoms with E-state index in [1.54, 1.807) is 0 Å². The Hall–Kier alpha value is 0.757. The highest BCUT2D eigenvalue weighted by Gasteiger charge is 2.19. The van der Waals surface area contributed by atoms with Crippen molar-refractivity contribution in [1.82, 2.24) is 0 Å². The van der Waals surface area contributed by atoms with Crippen LogP contribution in [0.3, 0.4) is 0 Å². The zero-order valence-corrected chi connectivity index (χ0v) is 18.8. The zero-order chi connectivity index (χ0) is 17.9. The summed E-state index contributed by atoms with van der Waals surface area (Å²) in [5, 5.41) is 0. The lowest BCUT2D eigenvalue weighted by molar-refractivity contribution is 0.527. The molecule has 0 aliphatic rings. The predicted octanol–water partition coefficient (Wildman–Crippen LogP) is 8.13. The monoisotopic (exact) mass is 395 g/mol. The van der Waals surface area contributed by atoms with E-state index in [0.29, 0.717) is 0 Å². The van der Waals surface area contributed by atoms with Gasteiger partial charge in [0.1, 0.15) is 0 Å². The summed E-state index contributed by atoms with van der Waals surface area (Å²) in [5.74, 6) is 0. The summed E-state index contributed by atoms with van der Waals surface area (Å²) in [6.07, 6.45) is 23.6. The number of hydrogen-bond donors (Lipinski definition) is 1. The number of rotatable bonds is 19. The smallest absolute Gasteiger partial charge is 0.248 e. The molecule has 0 unspecified atom stereocenters. The van der Waals surface area contributed by atoms with Crippen LogP contribution in [0, 0.1) is 0 Å². The van der Waals surface area contributed by atoms with E-state index in [4.69, 9.17) is 27.9 Å². The van der Waals surface area contributed by atoms with Crippen molar-refractivity contribution >= 4 is 28.9 Å². The topological polar surface area (TPSA) is 26.0 Å². The molecule has 0 aromatic heterocycles. The van der Waals surface area contributed by atoms with E-state index in [1.807, 2.05) is 6.55 Å². The van der Waals surface area contributed by atoms with E-state index in [-0.39, 0.29) is 0 Å². The third-order valence-corrected chi connectivity index (χ3v) is 7.19. The second kappa shape index (κ2) is 18.5. The predicted molar refractivity (Wildman–Crippen MR) is 116 cm³/mol. The zero-order valence-electron chi connectivity index (χ0n) is 16.3. The lowest BCUT2D eigenvalue weighted by Gasteiger charge is -2.09. The Labute approximate surface area is 162 Å². The van der Waals surface area contributed by atoms with Crippen LogP contribution < -0.4 is 5.73 Å². The van der Waals surface area contributed by atoms with Gasteiger partial charge in [0.25, 0.3) is 0 Å². The summed E-state index contributed by atoms with van der Waals surface area (Å²) in [6.45, 7) is 1.06. The van der Waals surface area contributed by atoms with Gasteiger partial charge >= 0.3 is 0 Å². The first-order chi connectivity index (χ1) is 11.6. The highest BCUT2D eigenvalue weighted by Crippen LogP contribution is 2.23. The van der Waals surface area contributed by atoms with Crippen molar-refractivity contribution in [2.75, 3.05) is 6.54 Å². The van der Waals surface area contributed by atoms with Crippen molar-refractivity contribution < 1.29 is 0 Å². The fourth-order valence-electron chi connectivity index (χ4n) is 3.23. The minimum absolute atomic E-state index is 0.864. The van der Waals surface area contributed by atoms with Crippen LogP contribution in [0.4, 0.5) is 0 Å². The van der Waals surface area contributed by atoms with E-state index in [2.05, 4.69) is 0 Å². The van der Waals surface area contributed by atoms with Crippen LogP contribution in [-0.2, 0) is 0 Å². The molecule has 0 saturated carbocycles. The molecule has 0 bridgehead atoms. The third kappa shape index (κ3) is 22.8. The Balaban J connectivity index is 3.00. The van der Waals surface area contributed by atoms with E-state index < -0.39 is 6.69 Å². The van der Waals surface area contributed by atoms with Crippen LogP contribution in [0.25, 0.3) is 0 Å². The molecule has 0 spiro atoms. The van der Waals surface area contributed by atoms with E-state index in [0.717, 1.165) is 12.6 Å². The number of unbranched alkanes of at least 4 members (excludes halogenated alkanes) is 16. The molecule has 0 rings (SSSR count). The summed E-state index contributed by atoms with van der Waals surface area (Å²) in [7, 11) is 0. The number of nitrogens with two attached hydrogens (primary N) is 1. The lowest BCUT2D eigenvalue weighted by atomic mass is 10.0. The SMILES string of the molecule is C[Si](Cl)(Cl)CCCCCCCCCCCCCCCCCCCN. The molecule has 4 heteroatoms. The molecule has 0 atom stereocenters. The molecular weight excluding hydrogens is 353 g/mol. The van der Waals surface area contributed by atoms with Crippen molar-refractivity contribution in [3.8, 4) is 0 Å². The van der Waals surface area contributed by atoms with Gasteiger partial charge in [0.15, 0.2) is 0 Å². The van der Waals surface area contributed by atoms with Crippen LogP contribution in [0.2, 0.25) is 12.6 Å². The van der Waals surface area contributed by atoms with Crippen molar-refractivity contribution in [2.24, 2.45) is 5.73 Å². The highest BCUT2D eigenvalue weighted by atomic mass is 35.7. The molecular formula is C20H43Cl2NSi. The first kappa shape index (κ1) is 24.8. The molecule has 0 aliphatic carbocycles. The van der Waals surface area contributed by atoms with Gasteiger partial charge in [-0.25, -0.2) is 0 Å². The van der Waals surface area contributed by atoms with E-state index in [1.165, 1.54) is 109 Å². The minimum Gasteiger partial charge on any atom is -0.330 e. The van der Waals surface area contributed by atoms with Gasteiger partial charge in [0.05, 0.1) is 0 Å². The second-order valence-corrected chi connectivity index (χ2v) is 15.8. The van der Waals surface area contributed by atoms with Crippen LogP contribution in [-0.4, -0.2) is 13.2 Å². The maximum absolute atomic E-state index is 6.11. The standard InChI is InChI=1S/C20H43Cl2NSi/c1-24(21,22)20-18-16-14-12-10-8-6-4-2-3-5-7-9-11-13-15-17-19-23/h2-20,23H2,1H3. The Morgan fingerprint density at radius 2 is 0.750 bits per heavy atom. The van der Waals surface area contributed by atoms with E-state index >= 15 is 0 Å². The summed E-state index contributed by atoms with van der Waals surface area (Å²) >= 11 is 12.2. The number of hydrogen-bond acceptors (Lipinski definition) is 1. The van der Waals surface area contributed by atoms with Crippen molar-refractivity contribution in [1.29, 1.82) is 0 Å². The van der Waals surface area contributed by atoms with Gasteiger partial charge in [-0.1, -0.05) is 103 Å². The molecule has 0 aliphatic heterocycles. The molecule has 2 N–H and O–H groups in total. The molecule has 0 aromatic carbocycles.